The molecule has 0 unspecified atom stereocenters. The Morgan fingerprint density at radius 3 is 2.16 bits per heavy atom. The fourth-order valence-corrected chi connectivity index (χ4v) is 13.8. The lowest BCUT2D eigenvalue weighted by Crippen LogP contribution is -2.66. The number of nitrogens with zero attached hydrogens (tertiary/aromatic N) is 2. The van der Waals surface area contributed by atoms with Crippen molar-refractivity contribution in [1.29, 1.82) is 0 Å². The second-order valence-electron chi connectivity index (χ2n) is 21.6. The fraction of sp³-hybridized carbons (Fsp3) is 0.750. The van der Waals surface area contributed by atoms with E-state index in [1.165, 1.54) is 0 Å². The van der Waals surface area contributed by atoms with Crippen LogP contribution in [-0.4, -0.2) is 83.0 Å². The molecule has 322 valence electrons. The lowest BCUT2D eigenvalue weighted by molar-refractivity contribution is -0.235. The van der Waals surface area contributed by atoms with E-state index in [-0.39, 0.29) is 64.1 Å². The number of allylic oxidation sites excluding steroid dienone is 1. The number of esters is 1. The van der Waals surface area contributed by atoms with Crippen molar-refractivity contribution >= 4 is 35.2 Å². The van der Waals surface area contributed by atoms with Crippen molar-refractivity contribution in [1.82, 2.24) is 9.80 Å². The number of carboxylic acid groups (broad SMARTS) is 1. The quantitative estimate of drug-likeness (QED) is 0.200. The van der Waals surface area contributed by atoms with Gasteiger partial charge in [-0.15, -0.1) is 0 Å². The lowest BCUT2D eigenvalue weighted by atomic mass is 9.33. The molecule has 4 saturated carbocycles. The molecule has 58 heavy (non-hydrogen) atoms. The van der Waals surface area contributed by atoms with Crippen molar-refractivity contribution in [2.45, 2.75) is 145 Å². The van der Waals surface area contributed by atoms with E-state index in [2.05, 4.69) is 48.5 Å². The number of carbonyl (C=O) groups excluding carboxylic acids is 3. The molecule has 6 rings (SSSR count). The van der Waals surface area contributed by atoms with E-state index in [4.69, 9.17) is 16.3 Å². The summed E-state index contributed by atoms with van der Waals surface area (Å²) in [6.45, 7) is 20.7. The van der Waals surface area contributed by atoms with Gasteiger partial charge in [-0.25, -0.2) is 0 Å². The maximum atomic E-state index is 14.8. The Bertz CT molecular complexity index is 1820. The molecule has 1 aromatic carbocycles. The Morgan fingerprint density at radius 1 is 0.897 bits per heavy atom. The third-order valence-corrected chi connectivity index (χ3v) is 17.3. The number of rotatable bonds is 12. The zero-order valence-corrected chi connectivity index (χ0v) is 37.9. The smallest absolute Gasteiger partial charge is 0.309 e. The second kappa shape index (κ2) is 15.6. The maximum absolute atomic E-state index is 14.8. The van der Waals surface area contributed by atoms with Gasteiger partial charge in [-0.1, -0.05) is 72.2 Å². The molecule has 9 atom stereocenters. The summed E-state index contributed by atoms with van der Waals surface area (Å²) in [7, 11) is 3.95. The van der Waals surface area contributed by atoms with Crippen LogP contribution in [0.4, 0.5) is 0 Å². The average molecular weight is 824 g/mol. The minimum absolute atomic E-state index is 0.00685. The van der Waals surface area contributed by atoms with E-state index in [1.807, 2.05) is 43.3 Å². The van der Waals surface area contributed by atoms with Crippen LogP contribution in [0.1, 0.15) is 132 Å². The Labute approximate surface area is 352 Å². The first-order chi connectivity index (χ1) is 26.9. The van der Waals surface area contributed by atoms with Gasteiger partial charge in [0.2, 0.25) is 0 Å². The number of aliphatic hydroxyl groups excluding tert-OH is 1. The topological polar surface area (TPSA) is 124 Å². The SMILES string of the molecule is CC(C)C1=C2[C@H]3CC[C@@H]4[C@@]5(C)CC[C@H](OC(=O)CC(C)(C)C(=O)O)C(C)(C)[C@@H]5CC[C@@]4(C)[C@]3(C)CC[C@@]2([C@H](O)C(=O)N(CCN(C)C)Cc2ccc(Cl)cc2)CC1=O. The van der Waals surface area contributed by atoms with Gasteiger partial charge in [0.05, 0.1) is 11.8 Å². The van der Waals surface area contributed by atoms with Crippen molar-refractivity contribution in [2.75, 3.05) is 27.2 Å². The molecular weight excluding hydrogens is 752 g/mol. The summed E-state index contributed by atoms with van der Waals surface area (Å²) in [4.78, 5) is 57.9. The molecule has 1 amide bonds. The number of fused-ring (bicyclic) bond motifs is 7. The summed E-state index contributed by atoms with van der Waals surface area (Å²) in [6.07, 6.45) is 5.37. The highest BCUT2D eigenvalue weighted by atomic mass is 35.5. The molecule has 1 aromatic rings. The number of carboxylic acids is 1. The van der Waals surface area contributed by atoms with Crippen molar-refractivity contribution in [3.05, 3.63) is 46.0 Å². The molecule has 2 N–H and O–H groups in total. The number of hydrogen-bond donors (Lipinski definition) is 2. The van der Waals surface area contributed by atoms with Gasteiger partial charge in [0.15, 0.2) is 5.78 Å². The van der Waals surface area contributed by atoms with Crippen LogP contribution in [0, 0.1) is 56.2 Å². The fourth-order valence-electron chi connectivity index (χ4n) is 13.6. The number of Topliss-reactive ketones (excluding diaryl/α,β-unsaturated/α-hetero) is 1. The predicted molar refractivity (Wildman–Crippen MR) is 227 cm³/mol. The summed E-state index contributed by atoms with van der Waals surface area (Å²) in [5.74, 6) is -0.910. The number of likely N-dealkylation sites (N-methyl/N-ethyl adjacent to an activating group) is 1. The van der Waals surface area contributed by atoms with E-state index in [9.17, 15) is 29.4 Å². The van der Waals surface area contributed by atoms with Crippen molar-refractivity contribution in [3.63, 3.8) is 0 Å². The number of aliphatic hydroxyl groups is 1. The highest BCUT2D eigenvalue weighted by Gasteiger charge is 2.71. The second-order valence-corrected chi connectivity index (χ2v) is 22.1. The minimum atomic E-state index is -1.33. The van der Waals surface area contributed by atoms with Crippen molar-refractivity contribution in [2.24, 2.45) is 56.2 Å². The average Bonchev–Trinajstić information content (AvgIpc) is 3.44. The lowest BCUT2D eigenvalue weighted by Gasteiger charge is -2.72. The molecule has 0 spiro atoms. The first-order valence-corrected chi connectivity index (χ1v) is 22.3. The van der Waals surface area contributed by atoms with Gasteiger partial charge < -0.3 is 24.7 Å². The molecule has 0 bridgehead atoms. The predicted octanol–water partition coefficient (Wildman–Crippen LogP) is 8.98. The number of aliphatic carboxylic acids is 1. The van der Waals surface area contributed by atoms with Gasteiger partial charge in [0.25, 0.3) is 5.91 Å². The number of ether oxygens (including phenoxy) is 1. The van der Waals surface area contributed by atoms with Crippen LogP contribution >= 0.6 is 11.6 Å². The number of benzene rings is 1. The summed E-state index contributed by atoms with van der Waals surface area (Å²) in [5.41, 5.74) is 0.225. The highest BCUT2D eigenvalue weighted by Crippen LogP contribution is 2.77. The largest absolute Gasteiger partial charge is 0.481 e. The molecule has 0 aliphatic heterocycles. The number of amides is 1. The van der Waals surface area contributed by atoms with Gasteiger partial charge >= 0.3 is 11.9 Å². The van der Waals surface area contributed by atoms with Crippen molar-refractivity contribution in [3.8, 4) is 0 Å². The van der Waals surface area contributed by atoms with Gasteiger partial charge in [-0.2, -0.15) is 0 Å². The zero-order chi connectivity index (χ0) is 43.0. The molecule has 9 nitrogen and oxygen atoms in total. The number of ketones is 1. The van der Waals surface area contributed by atoms with Gasteiger partial charge in [-0.3, -0.25) is 19.2 Å². The molecule has 4 fully saturated rings. The summed E-state index contributed by atoms with van der Waals surface area (Å²) in [5, 5.41) is 22.9. The van der Waals surface area contributed by atoms with E-state index in [1.54, 1.807) is 18.7 Å². The maximum Gasteiger partial charge on any atom is 0.309 e. The Balaban J connectivity index is 1.31. The van der Waals surface area contributed by atoms with E-state index < -0.39 is 28.9 Å². The molecule has 0 saturated heterocycles. The third kappa shape index (κ3) is 7.29. The van der Waals surface area contributed by atoms with Crippen molar-refractivity contribution < 1.29 is 34.1 Å². The number of carbonyl (C=O) groups is 4. The van der Waals surface area contributed by atoms with E-state index in [0.29, 0.717) is 42.9 Å². The van der Waals surface area contributed by atoms with E-state index in [0.717, 1.165) is 61.7 Å². The van der Waals surface area contributed by atoms with E-state index >= 15 is 0 Å². The van der Waals surface area contributed by atoms with Gasteiger partial charge in [0.1, 0.15) is 12.2 Å². The standard InChI is InChI=1S/C48H71ClN2O7/c1-29(2)38-33(52)26-48(40(54)41(55)51(25-24-50(10)11)28-30-12-14-31(49)15-13-30)23-22-46(8)32(39(38)48)16-17-35-45(7)20-19-36(58-37(53)27-43(3,4)42(56)57)44(5,6)34(45)18-21-47(35,46)9/h12-15,29,32,34-36,40,54H,16-28H2,1-11H3,(H,56,57)/t32-,34+,35-,36+,40-,45+,46-,47-,48-/m1/s1. The molecule has 5 aliphatic carbocycles. The Hall–Kier alpha value is -2.75. The van der Waals surface area contributed by atoms with Crippen LogP contribution in [0.2, 0.25) is 5.02 Å². The van der Waals surface area contributed by atoms with Gasteiger partial charge in [-0.05, 0) is 148 Å². The normalized spacial score (nSPS) is 34.8. The summed E-state index contributed by atoms with van der Waals surface area (Å²) in [6, 6.07) is 7.50. The molecule has 5 aliphatic rings. The van der Waals surface area contributed by atoms with Gasteiger partial charge in [0, 0.05) is 41.9 Å². The first-order valence-electron chi connectivity index (χ1n) is 21.9. The molecule has 0 radical (unpaired) electrons. The van der Waals surface area contributed by atoms with Crippen LogP contribution in [0.15, 0.2) is 35.4 Å². The molecule has 10 heteroatoms. The van der Waals surface area contributed by atoms with Crippen LogP contribution in [-0.2, 0) is 30.5 Å². The highest BCUT2D eigenvalue weighted by molar-refractivity contribution is 6.30. The summed E-state index contributed by atoms with van der Waals surface area (Å²) >= 11 is 6.20. The monoisotopic (exact) mass is 822 g/mol. The zero-order valence-electron chi connectivity index (χ0n) is 37.2. The first kappa shape index (κ1) is 44.8. The number of hydrogen-bond acceptors (Lipinski definition) is 7. The van der Waals surface area contributed by atoms with Crippen LogP contribution < -0.4 is 0 Å². The molecular formula is C48H71ClN2O7. The summed E-state index contributed by atoms with van der Waals surface area (Å²) < 4.78 is 6.18. The Kier molecular flexibility index (Phi) is 12.1. The third-order valence-electron chi connectivity index (χ3n) is 17.0. The van der Waals surface area contributed by atoms with Crippen LogP contribution in [0.25, 0.3) is 0 Å². The number of halogens is 1. The minimum Gasteiger partial charge on any atom is -0.481 e. The Morgan fingerprint density at radius 2 is 1.55 bits per heavy atom. The molecule has 0 aromatic heterocycles. The molecule has 0 heterocycles. The van der Waals surface area contributed by atoms with Crippen LogP contribution in [0.3, 0.4) is 0 Å². The van der Waals surface area contributed by atoms with Crippen LogP contribution in [0.5, 0.6) is 0 Å².